The monoisotopic (exact) mass is 355 g/mol. The summed E-state index contributed by atoms with van der Waals surface area (Å²) in [6.45, 7) is 1.90. The van der Waals surface area contributed by atoms with Crippen LogP contribution in [0.4, 0.5) is 10.8 Å². The molecule has 2 N–H and O–H groups in total. The molecule has 0 unspecified atom stereocenters. The second-order valence-electron chi connectivity index (χ2n) is 5.25. The summed E-state index contributed by atoms with van der Waals surface area (Å²) < 4.78 is 10.7. The van der Waals surface area contributed by atoms with Crippen molar-refractivity contribution in [1.82, 2.24) is 28.9 Å². The van der Waals surface area contributed by atoms with E-state index < -0.39 is 5.97 Å². The van der Waals surface area contributed by atoms with Gasteiger partial charge in [0.25, 0.3) is 0 Å². The first-order valence-corrected chi connectivity index (χ1v) is 8.09. The Labute approximate surface area is 145 Å². The highest BCUT2D eigenvalue weighted by atomic mass is 32.1. The van der Waals surface area contributed by atoms with Gasteiger partial charge in [0.2, 0.25) is 0 Å². The van der Waals surface area contributed by atoms with E-state index in [-0.39, 0.29) is 5.69 Å². The van der Waals surface area contributed by atoms with Crippen molar-refractivity contribution in [3.63, 3.8) is 0 Å². The third kappa shape index (κ3) is 2.72. The van der Waals surface area contributed by atoms with Crippen LogP contribution >= 0.6 is 11.5 Å². The number of H-pyrrole nitrogens is 1. The van der Waals surface area contributed by atoms with Crippen molar-refractivity contribution >= 4 is 34.0 Å². The van der Waals surface area contributed by atoms with E-state index in [4.69, 9.17) is 0 Å². The van der Waals surface area contributed by atoms with Crippen LogP contribution in [0.3, 0.4) is 0 Å². The van der Waals surface area contributed by atoms with Crippen LogP contribution in [-0.2, 0) is 4.74 Å². The van der Waals surface area contributed by atoms with Crippen LogP contribution in [-0.4, -0.2) is 42.0 Å². The second kappa shape index (κ2) is 5.98. The van der Waals surface area contributed by atoms with Crippen molar-refractivity contribution in [3.8, 4) is 11.3 Å². The van der Waals surface area contributed by atoms with Gasteiger partial charge in [0, 0.05) is 24.0 Å². The van der Waals surface area contributed by atoms with Gasteiger partial charge >= 0.3 is 5.97 Å². The largest absolute Gasteiger partial charge is 0.464 e. The van der Waals surface area contributed by atoms with Crippen molar-refractivity contribution in [2.24, 2.45) is 0 Å². The van der Waals surface area contributed by atoms with Crippen LogP contribution < -0.4 is 5.32 Å². The molecule has 0 aliphatic heterocycles. The summed E-state index contributed by atoms with van der Waals surface area (Å²) in [5.74, 6) is 0.101. The highest BCUT2D eigenvalue weighted by molar-refractivity contribution is 7.10. The molecule has 25 heavy (non-hydrogen) atoms. The van der Waals surface area contributed by atoms with Gasteiger partial charge in [-0.1, -0.05) is 0 Å². The van der Waals surface area contributed by atoms with E-state index in [1.165, 1.54) is 7.11 Å². The van der Waals surface area contributed by atoms with Crippen molar-refractivity contribution in [2.75, 3.05) is 12.4 Å². The molecule has 4 heterocycles. The summed E-state index contributed by atoms with van der Waals surface area (Å²) in [6, 6.07) is 1.62. The van der Waals surface area contributed by atoms with Crippen LogP contribution in [0.1, 0.15) is 16.2 Å². The second-order valence-corrected chi connectivity index (χ2v) is 6.05. The Morgan fingerprint density at radius 3 is 3.04 bits per heavy atom. The van der Waals surface area contributed by atoms with Gasteiger partial charge in [0.1, 0.15) is 5.00 Å². The SMILES string of the molecule is COC(=O)c1cc(Nc2nc(C)cn3c(-c4cn[nH]c4)cnc23)sn1. The number of hydrogen-bond donors (Lipinski definition) is 2. The number of esters is 1. The lowest BCUT2D eigenvalue weighted by Gasteiger charge is -2.07. The molecule has 0 aromatic carbocycles. The molecular weight excluding hydrogens is 342 g/mol. The van der Waals surface area contributed by atoms with Gasteiger partial charge in [-0.2, -0.15) is 9.47 Å². The van der Waals surface area contributed by atoms with Crippen LogP contribution in [0.5, 0.6) is 0 Å². The molecule has 0 saturated carbocycles. The lowest BCUT2D eigenvalue weighted by Crippen LogP contribution is -2.01. The summed E-state index contributed by atoms with van der Waals surface area (Å²) >= 11 is 1.15. The van der Waals surface area contributed by atoms with E-state index in [2.05, 4.69) is 34.6 Å². The minimum Gasteiger partial charge on any atom is -0.464 e. The smallest absolute Gasteiger partial charge is 0.357 e. The number of fused-ring (bicyclic) bond motifs is 1. The average Bonchev–Trinajstić information content (AvgIpc) is 3.33. The fourth-order valence-electron chi connectivity index (χ4n) is 2.45. The maximum absolute atomic E-state index is 11.5. The van der Waals surface area contributed by atoms with Crippen LogP contribution in [0.15, 0.2) is 30.9 Å². The van der Waals surface area contributed by atoms with Gasteiger partial charge in [-0.25, -0.2) is 14.8 Å². The fourth-order valence-corrected chi connectivity index (χ4v) is 3.08. The molecule has 4 rings (SSSR count). The molecule has 0 aliphatic rings. The topological polar surface area (TPSA) is 110 Å². The molecule has 9 nitrogen and oxygen atoms in total. The van der Waals surface area contributed by atoms with Crippen molar-refractivity contribution in [1.29, 1.82) is 0 Å². The number of ether oxygens (including phenoxy) is 1. The molecule has 126 valence electrons. The Balaban J connectivity index is 1.75. The van der Waals surface area contributed by atoms with E-state index >= 15 is 0 Å². The van der Waals surface area contributed by atoms with Gasteiger partial charge in [0.05, 0.1) is 30.9 Å². The predicted molar refractivity (Wildman–Crippen MR) is 92.0 cm³/mol. The van der Waals surface area contributed by atoms with Crippen LogP contribution in [0.25, 0.3) is 16.9 Å². The number of imidazole rings is 1. The first-order chi connectivity index (χ1) is 12.2. The number of nitrogens with zero attached hydrogens (tertiary/aromatic N) is 5. The number of carbonyl (C=O) groups is 1. The Kier molecular flexibility index (Phi) is 3.65. The number of nitrogens with one attached hydrogen (secondary N) is 2. The number of hydrogen-bond acceptors (Lipinski definition) is 8. The van der Waals surface area contributed by atoms with E-state index in [1.54, 1.807) is 24.7 Å². The number of aromatic nitrogens is 6. The lowest BCUT2D eigenvalue weighted by atomic mass is 10.3. The fraction of sp³-hybridized carbons (Fsp3) is 0.133. The molecule has 0 atom stereocenters. The minimum atomic E-state index is -0.477. The Bertz CT molecular complexity index is 1050. The molecule has 0 spiro atoms. The van der Waals surface area contributed by atoms with Gasteiger partial charge in [-0.15, -0.1) is 0 Å². The van der Waals surface area contributed by atoms with Crippen molar-refractivity contribution in [3.05, 3.63) is 42.2 Å². The van der Waals surface area contributed by atoms with E-state index in [1.807, 2.05) is 17.5 Å². The summed E-state index contributed by atoms with van der Waals surface area (Å²) in [4.78, 5) is 20.5. The standard InChI is InChI=1S/C15H13N7O2S/c1-8-7-22-11(9-4-17-18-5-9)6-16-14(22)13(19-8)20-12-3-10(21-25-12)15(23)24-2/h3-7H,1-2H3,(H,17,18)(H,19,20). The number of aryl methyl sites for hydroxylation is 1. The maximum Gasteiger partial charge on any atom is 0.357 e. The van der Waals surface area contributed by atoms with Crippen molar-refractivity contribution in [2.45, 2.75) is 6.92 Å². The van der Waals surface area contributed by atoms with Gasteiger partial charge < -0.3 is 10.1 Å². The van der Waals surface area contributed by atoms with E-state index in [9.17, 15) is 4.79 Å². The van der Waals surface area contributed by atoms with Gasteiger partial charge in [-0.05, 0) is 18.5 Å². The lowest BCUT2D eigenvalue weighted by molar-refractivity contribution is 0.0595. The molecule has 0 radical (unpaired) electrons. The average molecular weight is 355 g/mol. The van der Waals surface area contributed by atoms with Gasteiger partial charge in [0.15, 0.2) is 17.2 Å². The molecule has 0 bridgehead atoms. The third-order valence-electron chi connectivity index (χ3n) is 3.55. The molecule has 0 fully saturated rings. The summed E-state index contributed by atoms with van der Waals surface area (Å²) in [5, 5.41) is 10.6. The Hall–Kier alpha value is -3.27. The quantitative estimate of drug-likeness (QED) is 0.541. The summed E-state index contributed by atoms with van der Waals surface area (Å²) in [7, 11) is 1.32. The van der Waals surface area contributed by atoms with E-state index in [0.717, 1.165) is 28.5 Å². The number of carbonyl (C=O) groups excluding carboxylic acids is 1. The summed E-state index contributed by atoms with van der Waals surface area (Å²) in [5.41, 5.74) is 3.55. The number of anilines is 2. The first-order valence-electron chi connectivity index (χ1n) is 7.31. The van der Waals surface area contributed by atoms with Gasteiger partial charge in [-0.3, -0.25) is 9.50 Å². The summed E-state index contributed by atoms with van der Waals surface area (Å²) in [6.07, 6.45) is 7.21. The predicted octanol–water partition coefficient (Wildman–Crippen LogP) is 2.41. The zero-order chi connectivity index (χ0) is 17.4. The number of rotatable bonds is 4. The normalized spacial score (nSPS) is 11.0. The molecular formula is C15H13N7O2S. The number of aromatic amines is 1. The molecule has 4 aromatic heterocycles. The molecule has 0 aliphatic carbocycles. The third-order valence-corrected chi connectivity index (χ3v) is 4.26. The minimum absolute atomic E-state index is 0.251. The zero-order valence-electron chi connectivity index (χ0n) is 13.3. The van der Waals surface area contributed by atoms with Crippen LogP contribution in [0.2, 0.25) is 0 Å². The van der Waals surface area contributed by atoms with Crippen LogP contribution in [0, 0.1) is 6.92 Å². The molecule has 0 amide bonds. The van der Waals surface area contributed by atoms with Crippen molar-refractivity contribution < 1.29 is 9.53 Å². The molecule has 4 aromatic rings. The molecule has 10 heteroatoms. The molecule has 0 saturated heterocycles. The number of methoxy groups -OCH3 is 1. The maximum atomic E-state index is 11.5. The zero-order valence-corrected chi connectivity index (χ0v) is 14.2. The highest BCUT2D eigenvalue weighted by Gasteiger charge is 2.15. The first kappa shape index (κ1) is 15.3. The Morgan fingerprint density at radius 1 is 1.40 bits per heavy atom. The van der Waals surface area contributed by atoms with E-state index in [0.29, 0.717) is 16.5 Å². The Morgan fingerprint density at radius 2 is 2.28 bits per heavy atom. The highest BCUT2D eigenvalue weighted by Crippen LogP contribution is 2.27.